The molecular weight excluding hydrogens is 510 g/mol. The maximum absolute atomic E-state index is 11.1. The Morgan fingerprint density at radius 3 is 2.38 bits per heavy atom. The van der Waals surface area contributed by atoms with Crippen LogP contribution in [0.2, 0.25) is 0 Å². The maximum Gasteiger partial charge on any atom is 0.342 e. The van der Waals surface area contributed by atoms with Crippen LogP contribution < -0.4 is 0 Å². The average molecular weight is 546 g/mol. The maximum atomic E-state index is 11.1. The summed E-state index contributed by atoms with van der Waals surface area (Å²) in [4.78, 5) is 20.8. The number of nitrogens with zero attached hydrogens (tertiary/aromatic N) is 5. The Bertz CT molecular complexity index is 1520. The molecule has 0 saturated heterocycles. The van der Waals surface area contributed by atoms with E-state index >= 15 is 0 Å². The summed E-state index contributed by atoms with van der Waals surface area (Å²) in [6, 6.07) is 18.8. The van der Waals surface area contributed by atoms with Gasteiger partial charge in [-0.2, -0.15) is 0 Å². The number of hydrogen-bond donors (Lipinski definition) is 0. The van der Waals surface area contributed by atoms with Crippen LogP contribution in [-0.4, -0.2) is 30.5 Å². The molecule has 0 saturated carbocycles. The van der Waals surface area contributed by atoms with Crippen molar-refractivity contribution in [3.05, 3.63) is 82.4 Å². The van der Waals surface area contributed by atoms with Crippen molar-refractivity contribution >= 4 is 32.3 Å². The second-order valence-corrected chi connectivity index (χ2v) is 10.9. The van der Waals surface area contributed by atoms with Crippen LogP contribution >= 0.6 is 11.3 Å². The largest absolute Gasteiger partial charge is 0.375 e. The molecule has 0 N–H and O–H groups in total. The van der Waals surface area contributed by atoms with Crippen LogP contribution in [0.25, 0.3) is 26.4 Å². The number of fused-ring (bicyclic) bond motifs is 3. The van der Waals surface area contributed by atoms with Gasteiger partial charge in [0.05, 0.1) is 34.8 Å². The predicted octanol–water partition coefficient (Wildman–Crippen LogP) is 7.97. The highest BCUT2D eigenvalue weighted by Crippen LogP contribution is 2.33. The number of benzene rings is 2. The first-order valence-electron chi connectivity index (χ1n) is 13.8. The minimum atomic E-state index is -0.355. The Hall–Kier alpha value is -3.56. The van der Waals surface area contributed by atoms with Gasteiger partial charge in [0.15, 0.2) is 10.8 Å². The van der Waals surface area contributed by atoms with Gasteiger partial charge in [-0.15, -0.1) is 0 Å². The molecule has 0 amide bonds. The fourth-order valence-corrected chi connectivity index (χ4v) is 6.16. The zero-order valence-electron chi connectivity index (χ0n) is 22.4. The number of unbranched alkanes of at least 4 members (excludes halogenated alkanes) is 7. The Balaban J connectivity index is 1.03. The molecule has 3 heterocycles. The summed E-state index contributed by atoms with van der Waals surface area (Å²) in [7, 11) is 0. The third-order valence-corrected chi connectivity index (χ3v) is 8.20. The predicted molar refractivity (Wildman–Crippen MR) is 156 cm³/mol. The summed E-state index contributed by atoms with van der Waals surface area (Å²) in [6.45, 7) is 3.77. The first-order chi connectivity index (χ1) is 19.1. The molecule has 0 bridgehead atoms. The average Bonchev–Trinajstić information content (AvgIpc) is 3.61. The fraction of sp³-hybridized carbons (Fsp3) is 0.400. The van der Waals surface area contributed by atoms with Gasteiger partial charge in [-0.05, 0) is 36.3 Å². The number of thiazole rings is 1. The van der Waals surface area contributed by atoms with Crippen molar-refractivity contribution in [3.8, 4) is 11.3 Å². The lowest BCUT2D eigenvalue weighted by Crippen LogP contribution is -2.05. The van der Waals surface area contributed by atoms with Crippen molar-refractivity contribution in [2.75, 3.05) is 6.61 Å². The summed E-state index contributed by atoms with van der Waals surface area (Å²) in [5, 5.41) is 11.1. The standard InChI is InChI=1S/C30H35N5O3S/c1-23-31-21-28(35(36)37)33(23)19-13-6-4-2-3-5-7-14-20-38-22-26-29(24-15-9-8-10-16-24)32-30-34(26)25-17-11-12-18-27(25)39-30/h8-12,15-18,21H,2-7,13-14,19-20,22H2,1H3. The smallest absolute Gasteiger partial charge is 0.342 e. The van der Waals surface area contributed by atoms with E-state index in [1.807, 2.05) is 13.0 Å². The number of rotatable bonds is 15. The van der Waals surface area contributed by atoms with Gasteiger partial charge in [0.25, 0.3) is 0 Å². The molecule has 39 heavy (non-hydrogen) atoms. The van der Waals surface area contributed by atoms with E-state index in [9.17, 15) is 10.1 Å². The summed E-state index contributed by atoms with van der Waals surface area (Å²) < 4.78 is 11.4. The highest BCUT2D eigenvalue weighted by atomic mass is 32.1. The number of para-hydroxylation sites is 1. The molecule has 0 aliphatic carbocycles. The molecule has 9 heteroatoms. The van der Waals surface area contributed by atoms with Crippen LogP contribution in [0.3, 0.4) is 0 Å². The van der Waals surface area contributed by atoms with Gasteiger partial charge >= 0.3 is 5.82 Å². The molecule has 204 valence electrons. The summed E-state index contributed by atoms with van der Waals surface area (Å²) in [6.07, 6.45) is 10.4. The zero-order valence-corrected chi connectivity index (χ0v) is 23.2. The molecule has 0 fully saturated rings. The number of imidazole rings is 2. The third-order valence-electron chi connectivity index (χ3n) is 7.18. The zero-order chi connectivity index (χ0) is 27.0. The molecule has 0 aliphatic heterocycles. The monoisotopic (exact) mass is 545 g/mol. The molecule has 5 rings (SSSR count). The molecule has 0 aliphatic rings. The quantitative estimate of drug-likeness (QED) is 0.0756. The van der Waals surface area contributed by atoms with Crippen LogP contribution in [0.5, 0.6) is 0 Å². The van der Waals surface area contributed by atoms with Gasteiger partial charge in [0, 0.05) is 19.1 Å². The first kappa shape index (κ1) is 27.0. The highest BCUT2D eigenvalue weighted by Gasteiger charge is 2.18. The minimum Gasteiger partial charge on any atom is -0.375 e. The Labute approximate surface area is 232 Å². The second kappa shape index (κ2) is 13.0. The molecule has 3 aromatic heterocycles. The van der Waals surface area contributed by atoms with Crippen molar-refractivity contribution in [3.63, 3.8) is 0 Å². The second-order valence-electron chi connectivity index (χ2n) is 9.91. The van der Waals surface area contributed by atoms with E-state index in [0.29, 0.717) is 19.0 Å². The molecule has 2 aromatic carbocycles. The van der Waals surface area contributed by atoms with Crippen molar-refractivity contribution in [1.82, 2.24) is 18.9 Å². The lowest BCUT2D eigenvalue weighted by molar-refractivity contribution is -0.392. The van der Waals surface area contributed by atoms with E-state index < -0.39 is 0 Å². The molecular formula is C30H35N5O3S. The van der Waals surface area contributed by atoms with Gasteiger partial charge in [-0.3, -0.25) is 4.40 Å². The van der Waals surface area contributed by atoms with Crippen LogP contribution in [0, 0.1) is 17.0 Å². The Morgan fingerprint density at radius 2 is 1.62 bits per heavy atom. The summed E-state index contributed by atoms with van der Waals surface area (Å²) >= 11 is 1.72. The van der Waals surface area contributed by atoms with Gasteiger partial charge in [0.2, 0.25) is 0 Å². The topological polar surface area (TPSA) is 87.5 Å². The summed E-state index contributed by atoms with van der Waals surface area (Å²) in [5.41, 5.74) is 4.42. The van der Waals surface area contributed by atoms with Gasteiger partial charge in [-0.1, -0.05) is 85.9 Å². The Morgan fingerprint density at radius 1 is 0.923 bits per heavy atom. The van der Waals surface area contributed by atoms with Crippen LogP contribution in [0.15, 0.2) is 60.8 Å². The van der Waals surface area contributed by atoms with Crippen LogP contribution in [0.1, 0.15) is 62.9 Å². The van der Waals surface area contributed by atoms with Crippen LogP contribution in [0.4, 0.5) is 5.82 Å². The van der Waals surface area contributed by atoms with E-state index in [2.05, 4.69) is 57.9 Å². The number of nitro groups is 1. The molecule has 0 atom stereocenters. The number of aromatic nitrogens is 4. The van der Waals surface area contributed by atoms with E-state index in [4.69, 9.17) is 9.72 Å². The number of hydrogen-bond acceptors (Lipinski definition) is 6. The SMILES string of the molecule is Cc1ncc([N+](=O)[O-])n1CCCCCCCCCCOCc1c(-c2ccccc2)nc2sc3ccccc3n12. The first-order valence-corrected chi connectivity index (χ1v) is 14.6. The van der Waals surface area contributed by atoms with Crippen LogP contribution in [-0.2, 0) is 17.9 Å². The lowest BCUT2D eigenvalue weighted by Gasteiger charge is -2.08. The van der Waals surface area contributed by atoms with Crippen molar-refractivity contribution in [1.29, 1.82) is 0 Å². The number of aryl methyl sites for hydroxylation is 1. The Kier molecular flexibility index (Phi) is 9.00. The van der Waals surface area contributed by atoms with E-state index in [0.717, 1.165) is 60.6 Å². The molecule has 5 aromatic rings. The van der Waals surface area contributed by atoms with Gasteiger partial charge in [-0.25, -0.2) is 14.5 Å². The summed E-state index contributed by atoms with van der Waals surface area (Å²) in [5.74, 6) is 0.800. The van der Waals surface area contributed by atoms with E-state index in [-0.39, 0.29) is 10.7 Å². The fourth-order valence-electron chi connectivity index (χ4n) is 5.12. The van der Waals surface area contributed by atoms with Crippen molar-refractivity contribution in [2.45, 2.75) is 71.4 Å². The minimum absolute atomic E-state index is 0.0901. The molecule has 8 nitrogen and oxygen atoms in total. The van der Waals surface area contributed by atoms with Gasteiger partial charge < -0.3 is 14.9 Å². The number of ether oxygens (including phenoxy) is 1. The highest BCUT2D eigenvalue weighted by molar-refractivity contribution is 7.23. The molecule has 0 spiro atoms. The lowest BCUT2D eigenvalue weighted by atomic mass is 10.1. The van der Waals surface area contributed by atoms with Crippen molar-refractivity contribution < 1.29 is 9.66 Å². The third kappa shape index (κ3) is 6.37. The normalized spacial score (nSPS) is 11.6. The van der Waals surface area contributed by atoms with E-state index in [1.165, 1.54) is 35.7 Å². The molecule has 0 radical (unpaired) electrons. The molecule has 0 unspecified atom stereocenters. The van der Waals surface area contributed by atoms with Crippen molar-refractivity contribution in [2.24, 2.45) is 0 Å². The van der Waals surface area contributed by atoms with E-state index in [1.54, 1.807) is 15.9 Å². The van der Waals surface area contributed by atoms with Gasteiger partial charge in [0.1, 0.15) is 6.20 Å².